The number of aromatic nitrogens is 1. The molecule has 0 saturated heterocycles. The second-order valence-electron chi connectivity index (χ2n) is 4.59. The summed E-state index contributed by atoms with van der Waals surface area (Å²) < 4.78 is 0. The maximum Gasteiger partial charge on any atom is 0.240 e. The van der Waals surface area contributed by atoms with Crippen LogP contribution in [0, 0.1) is 0 Å². The Morgan fingerprint density at radius 2 is 1.96 bits per heavy atom. The van der Waals surface area contributed by atoms with Crippen molar-refractivity contribution in [1.82, 2.24) is 10.4 Å². The highest BCUT2D eigenvalue weighted by molar-refractivity contribution is 6.36. The van der Waals surface area contributed by atoms with Crippen LogP contribution >= 0.6 is 23.2 Å². The molecular formula is C15H14Cl2N4O2. The van der Waals surface area contributed by atoms with E-state index in [9.17, 15) is 9.59 Å². The van der Waals surface area contributed by atoms with E-state index in [1.54, 1.807) is 24.4 Å². The molecule has 1 aromatic carbocycles. The predicted molar refractivity (Wildman–Crippen MR) is 90.9 cm³/mol. The number of nitrogens with zero attached hydrogens (tertiary/aromatic N) is 1. The first-order valence-corrected chi connectivity index (χ1v) is 7.50. The van der Waals surface area contributed by atoms with Gasteiger partial charge in [0, 0.05) is 24.1 Å². The summed E-state index contributed by atoms with van der Waals surface area (Å²) in [6, 6.07) is 8.36. The molecule has 0 spiro atoms. The van der Waals surface area contributed by atoms with E-state index in [2.05, 4.69) is 20.8 Å². The minimum Gasteiger partial charge on any atom is -0.360 e. The molecule has 6 nitrogen and oxygen atoms in total. The van der Waals surface area contributed by atoms with E-state index < -0.39 is 0 Å². The van der Waals surface area contributed by atoms with Crippen LogP contribution in [-0.2, 0) is 9.59 Å². The highest BCUT2D eigenvalue weighted by Gasteiger charge is 2.09. The van der Waals surface area contributed by atoms with Crippen LogP contribution in [0.2, 0.25) is 10.0 Å². The molecule has 2 rings (SSSR count). The van der Waals surface area contributed by atoms with Gasteiger partial charge in [-0.25, -0.2) is 5.43 Å². The van der Waals surface area contributed by atoms with Crippen LogP contribution in [0.3, 0.4) is 0 Å². The Labute approximate surface area is 142 Å². The summed E-state index contributed by atoms with van der Waals surface area (Å²) in [5.74, 6) is -0.678. The van der Waals surface area contributed by atoms with Crippen molar-refractivity contribution >= 4 is 46.9 Å². The highest BCUT2D eigenvalue weighted by atomic mass is 35.5. The number of carbonyl (C=O) groups is 2. The molecule has 0 aliphatic rings. The Balaban J connectivity index is 1.74. The summed E-state index contributed by atoms with van der Waals surface area (Å²) in [6.45, 7) is 0. The molecule has 0 bridgehead atoms. The topological polar surface area (TPSA) is 86.3 Å². The van der Waals surface area contributed by atoms with Crippen LogP contribution in [0.15, 0.2) is 41.6 Å². The minimum atomic E-state index is -0.356. The number of anilines is 1. The number of benzene rings is 1. The fourth-order valence-electron chi connectivity index (χ4n) is 1.68. The number of nitrogens with one attached hydrogen (secondary N) is 3. The maximum absolute atomic E-state index is 11.8. The van der Waals surface area contributed by atoms with Crippen molar-refractivity contribution in [3.8, 4) is 0 Å². The van der Waals surface area contributed by atoms with E-state index >= 15 is 0 Å². The molecule has 0 unspecified atom stereocenters. The number of halogens is 2. The zero-order valence-electron chi connectivity index (χ0n) is 12.0. The molecule has 0 aliphatic heterocycles. The van der Waals surface area contributed by atoms with Gasteiger partial charge in [-0.1, -0.05) is 23.2 Å². The Kier molecular flexibility index (Phi) is 6.19. The van der Waals surface area contributed by atoms with Crippen LogP contribution < -0.4 is 10.7 Å². The van der Waals surface area contributed by atoms with Gasteiger partial charge in [0.25, 0.3) is 0 Å². The molecule has 8 heteroatoms. The first kappa shape index (κ1) is 17.1. The fourth-order valence-corrected chi connectivity index (χ4v) is 2.14. The summed E-state index contributed by atoms with van der Waals surface area (Å²) in [4.78, 5) is 26.3. The standard InChI is InChI=1S/C15H14Cl2N4O2/c16-10-3-4-13(12(17)8-10)20-14(22)5-6-15(23)21-19-9-11-2-1-7-18-11/h1-4,7-9,18H,5-6H2,(H,20,22)(H,21,23)/b19-9-. The lowest BCUT2D eigenvalue weighted by atomic mass is 10.2. The number of aromatic amines is 1. The fraction of sp³-hybridized carbons (Fsp3) is 0.133. The lowest BCUT2D eigenvalue weighted by Gasteiger charge is -2.07. The molecule has 0 fully saturated rings. The van der Waals surface area contributed by atoms with E-state index in [4.69, 9.17) is 23.2 Å². The van der Waals surface area contributed by atoms with Gasteiger partial charge in [-0.3, -0.25) is 9.59 Å². The largest absolute Gasteiger partial charge is 0.360 e. The maximum atomic E-state index is 11.8. The zero-order valence-corrected chi connectivity index (χ0v) is 13.5. The molecule has 1 heterocycles. The van der Waals surface area contributed by atoms with E-state index in [0.717, 1.165) is 5.69 Å². The molecule has 0 radical (unpaired) electrons. The summed E-state index contributed by atoms with van der Waals surface area (Å²) in [7, 11) is 0. The Bertz CT molecular complexity index is 714. The third-order valence-corrected chi connectivity index (χ3v) is 3.35. The van der Waals surface area contributed by atoms with Crippen molar-refractivity contribution in [1.29, 1.82) is 0 Å². The lowest BCUT2D eigenvalue weighted by molar-refractivity contribution is -0.124. The van der Waals surface area contributed by atoms with Gasteiger partial charge in [-0.05, 0) is 30.3 Å². The van der Waals surface area contributed by atoms with Crippen LogP contribution in [0.1, 0.15) is 18.5 Å². The Hall–Kier alpha value is -2.31. The van der Waals surface area contributed by atoms with Gasteiger partial charge in [0.05, 0.1) is 22.6 Å². The zero-order chi connectivity index (χ0) is 16.7. The van der Waals surface area contributed by atoms with Crippen LogP contribution in [0.4, 0.5) is 5.69 Å². The first-order valence-electron chi connectivity index (χ1n) is 6.75. The van der Waals surface area contributed by atoms with Crippen molar-refractivity contribution in [3.63, 3.8) is 0 Å². The second-order valence-corrected chi connectivity index (χ2v) is 5.43. The molecule has 0 saturated carbocycles. The van der Waals surface area contributed by atoms with E-state index in [-0.39, 0.29) is 24.7 Å². The number of rotatable bonds is 6. The normalized spacial score (nSPS) is 10.7. The third-order valence-electron chi connectivity index (χ3n) is 2.80. The average Bonchev–Trinajstić information content (AvgIpc) is 3.01. The number of hydrogen-bond acceptors (Lipinski definition) is 3. The van der Waals surface area contributed by atoms with Crippen molar-refractivity contribution < 1.29 is 9.59 Å². The van der Waals surface area contributed by atoms with Gasteiger partial charge in [-0.15, -0.1) is 0 Å². The molecule has 2 aromatic rings. The van der Waals surface area contributed by atoms with Crippen molar-refractivity contribution in [2.24, 2.45) is 5.10 Å². The smallest absolute Gasteiger partial charge is 0.240 e. The molecule has 2 amide bonds. The van der Waals surface area contributed by atoms with Gasteiger partial charge in [0.1, 0.15) is 0 Å². The molecule has 0 aliphatic carbocycles. The number of hydrazone groups is 1. The molecule has 0 atom stereocenters. The van der Waals surface area contributed by atoms with Crippen molar-refractivity contribution in [3.05, 3.63) is 52.3 Å². The van der Waals surface area contributed by atoms with Gasteiger partial charge in [0.15, 0.2) is 0 Å². The third kappa shape index (κ3) is 5.77. The molecule has 1 aromatic heterocycles. The van der Waals surface area contributed by atoms with Crippen LogP contribution in [-0.4, -0.2) is 23.0 Å². The van der Waals surface area contributed by atoms with Gasteiger partial charge < -0.3 is 10.3 Å². The lowest BCUT2D eigenvalue weighted by Crippen LogP contribution is -2.20. The van der Waals surface area contributed by atoms with Crippen molar-refractivity contribution in [2.75, 3.05) is 5.32 Å². The number of hydrogen-bond donors (Lipinski definition) is 3. The quantitative estimate of drug-likeness (QED) is 0.550. The van der Waals surface area contributed by atoms with E-state index in [1.807, 2.05) is 6.07 Å². The summed E-state index contributed by atoms with van der Waals surface area (Å²) >= 11 is 11.7. The predicted octanol–water partition coefficient (Wildman–Crippen LogP) is 3.19. The highest BCUT2D eigenvalue weighted by Crippen LogP contribution is 2.25. The Morgan fingerprint density at radius 1 is 1.17 bits per heavy atom. The molecule has 23 heavy (non-hydrogen) atoms. The minimum absolute atomic E-state index is 0.0130. The van der Waals surface area contributed by atoms with E-state index in [1.165, 1.54) is 12.3 Å². The van der Waals surface area contributed by atoms with Gasteiger partial charge >= 0.3 is 0 Å². The molecule has 3 N–H and O–H groups in total. The van der Waals surface area contributed by atoms with Gasteiger partial charge in [-0.2, -0.15) is 5.10 Å². The van der Waals surface area contributed by atoms with Crippen molar-refractivity contribution in [2.45, 2.75) is 12.8 Å². The summed E-state index contributed by atoms with van der Waals surface area (Å²) in [5.41, 5.74) is 3.56. The monoisotopic (exact) mass is 352 g/mol. The number of H-pyrrole nitrogens is 1. The average molecular weight is 353 g/mol. The van der Waals surface area contributed by atoms with Gasteiger partial charge in [0.2, 0.25) is 11.8 Å². The number of amides is 2. The second kappa shape index (κ2) is 8.36. The molecule has 120 valence electrons. The van der Waals surface area contributed by atoms with E-state index in [0.29, 0.717) is 15.7 Å². The first-order chi connectivity index (χ1) is 11.0. The summed E-state index contributed by atoms with van der Waals surface area (Å²) in [5, 5.41) is 7.21. The molecular weight excluding hydrogens is 339 g/mol. The van der Waals surface area contributed by atoms with Crippen LogP contribution in [0.25, 0.3) is 0 Å². The summed E-state index contributed by atoms with van der Waals surface area (Å²) in [6.07, 6.45) is 3.25. The van der Waals surface area contributed by atoms with Crippen LogP contribution in [0.5, 0.6) is 0 Å². The SMILES string of the molecule is O=C(CCC(=O)Nc1ccc(Cl)cc1Cl)N/N=C\c1ccc[nH]1. The number of carbonyl (C=O) groups excluding carboxylic acids is 2. The Morgan fingerprint density at radius 3 is 2.65 bits per heavy atom.